The van der Waals surface area contributed by atoms with Crippen LogP contribution in [0.3, 0.4) is 0 Å². The Balaban J connectivity index is 1.94. The zero-order valence-corrected chi connectivity index (χ0v) is 17.2. The topological polar surface area (TPSA) is 49.9 Å². The van der Waals surface area contributed by atoms with E-state index in [2.05, 4.69) is 15.5 Å². The van der Waals surface area contributed by atoms with Gasteiger partial charge in [0.25, 0.3) is 0 Å². The van der Waals surface area contributed by atoms with Crippen LogP contribution in [0.5, 0.6) is 5.75 Å². The van der Waals surface area contributed by atoms with E-state index in [9.17, 15) is 17.6 Å². The zero-order chi connectivity index (χ0) is 21.8. The normalized spacial score (nSPS) is 20.8. The predicted molar refractivity (Wildman–Crippen MR) is 108 cm³/mol. The summed E-state index contributed by atoms with van der Waals surface area (Å²) in [5.74, 6) is -2.35. The summed E-state index contributed by atoms with van der Waals surface area (Å²) < 4.78 is 62.1. The quantitative estimate of drug-likeness (QED) is 0.464. The third-order valence-corrected chi connectivity index (χ3v) is 6.10. The van der Waals surface area contributed by atoms with Gasteiger partial charge in [0.1, 0.15) is 0 Å². The lowest BCUT2D eigenvalue weighted by Crippen LogP contribution is -2.43. The first-order chi connectivity index (χ1) is 14.0. The molecule has 9 heteroatoms. The number of benzene rings is 2. The number of fused-ring (bicyclic) bond motifs is 2. The second-order valence-electron chi connectivity index (χ2n) is 8.16. The van der Waals surface area contributed by atoms with Crippen LogP contribution in [0.15, 0.2) is 30.5 Å². The highest BCUT2D eigenvalue weighted by atomic mass is 35.5. The highest BCUT2D eigenvalue weighted by Gasteiger charge is 2.53. The number of aromatic amines is 1. The maximum absolute atomic E-state index is 14.4. The molecule has 4 nitrogen and oxygen atoms in total. The summed E-state index contributed by atoms with van der Waals surface area (Å²) >= 11 is 6.34. The lowest BCUT2D eigenvalue weighted by Gasteiger charge is -2.44. The summed E-state index contributed by atoms with van der Waals surface area (Å²) in [4.78, 5) is 0. The van der Waals surface area contributed by atoms with Gasteiger partial charge in [-0.1, -0.05) is 31.5 Å². The van der Waals surface area contributed by atoms with E-state index in [1.165, 1.54) is 19.4 Å². The van der Waals surface area contributed by atoms with Gasteiger partial charge in [-0.05, 0) is 35.6 Å². The molecule has 2 atom stereocenters. The Hall–Kier alpha value is -2.48. The summed E-state index contributed by atoms with van der Waals surface area (Å²) in [6, 6.07) is 4.65. The SMILES string of the molecule is COc1c(F)ccc2c1C(C)(C)CC(C(F)(F)F)C2Nc1c(Cl)ccc2[nH]ncc12. The van der Waals surface area contributed by atoms with Gasteiger partial charge < -0.3 is 10.1 Å². The second kappa shape index (κ2) is 7.04. The number of nitrogens with one attached hydrogen (secondary N) is 2. The van der Waals surface area contributed by atoms with Gasteiger partial charge in [-0.25, -0.2) is 4.39 Å². The molecule has 2 aromatic carbocycles. The van der Waals surface area contributed by atoms with Crippen LogP contribution in [-0.4, -0.2) is 23.5 Å². The van der Waals surface area contributed by atoms with E-state index in [1.807, 2.05) is 0 Å². The molecule has 1 heterocycles. The first kappa shape index (κ1) is 20.8. The molecule has 1 aliphatic carbocycles. The van der Waals surface area contributed by atoms with Crippen molar-refractivity contribution in [1.29, 1.82) is 0 Å². The minimum Gasteiger partial charge on any atom is -0.493 e. The highest BCUT2D eigenvalue weighted by Crippen LogP contribution is 2.55. The fraction of sp³-hybridized carbons (Fsp3) is 0.381. The highest BCUT2D eigenvalue weighted by molar-refractivity contribution is 6.34. The summed E-state index contributed by atoms with van der Waals surface area (Å²) in [7, 11) is 1.32. The summed E-state index contributed by atoms with van der Waals surface area (Å²) in [5, 5.41) is 10.6. The van der Waals surface area contributed by atoms with Crippen molar-refractivity contribution in [1.82, 2.24) is 10.2 Å². The van der Waals surface area contributed by atoms with Gasteiger partial charge in [-0.2, -0.15) is 18.3 Å². The molecule has 30 heavy (non-hydrogen) atoms. The Morgan fingerprint density at radius 2 is 1.97 bits per heavy atom. The number of methoxy groups -OCH3 is 1. The van der Waals surface area contributed by atoms with E-state index < -0.39 is 29.4 Å². The Bertz CT molecular complexity index is 1110. The minimum atomic E-state index is -4.48. The van der Waals surface area contributed by atoms with Crippen molar-refractivity contribution in [2.24, 2.45) is 5.92 Å². The van der Waals surface area contributed by atoms with Gasteiger partial charge in [-0.15, -0.1) is 0 Å². The number of H-pyrrole nitrogens is 1. The van der Waals surface area contributed by atoms with Crippen LogP contribution in [0.4, 0.5) is 23.2 Å². The number of hydrogen-bond donors (Lipinski definition) is 2. The van der Waals surface area contributed by atoms with E-state index in [1.54, 1.807) is 26.0 Å². The van der Waals surface area contributed by atoms with Crippen LogP contribution >= 0.6 is 11.6 Å². The van der Waals surface area contributed by atoms with Gasteiger partial charge in [0.15, 0.2) is 11.6 Å². The number of aromatic nitrogens is 2. The molecule has 1 aromatic heterocycles. The summed E-state index contributed by atoms with van der Waals surface area (Å²) in [5.41, 5.74) is 0.795. The molecule has 0 spiro atoms. The van der Waals surface area contributed by atoms with Gasteiger partial charge in [0, 0.05) is 10.9 Å². The van der Waals surface area contributed by atoms with Crippen molar-refractivity contribution >= 4 is 28.2 Å². The Kier molecular flexibility index (Phi) is 4.88. The van der Waals surface area contributed by atoms with Crippen molar-refractivity contribution in [2.75, 3.05) is 12.4 Å². The van der Waals surface area contributed by atoms with Crippen LogP contribution in [0.2, 0.25) is 5.02 Å². The van der Waals surface area contributed by atoms with Gasteiger partial charge in [0.2, 0.25) is 0 Å². The Morgan fingerprint density at radius 3 is 2.63 bits per heavy atom. The second-order valence-corrected chi connectivity index (χ2v) is 8.56. The molecule has 4 rings (SSSR count). The van der Waals surface area contributed by atoms with Crippen molar-refractivity contribution in [3.8, 4) is 5.75 Å². The van der Waals surface area contributed by atoms with Gasteiger partial charge in [-0.3, -0.25) is 5.10 Å². The maximum Gasteiger partial charge on any atom is 0.394 e. The molecule has 0 saturated heterocycles. The molecule has 0 fully saturated rings. The number of nitrogens with zero attached hydrogens (tertiary/aromatic N) is 1. The minimum absolute atomic E-state index is 0.0301. The number of anilines is 1. The molecular formula is C21H20ClF4N3O. The Morgan fingerprint density at radius 1 is 1.23 bits per heavy atom. The average molecular weight is 442 g/mol. The number of hydrogen-bond acceptors (Lipinski definition) is 3. The van der Waals surface area contributed by atoms with Crippen molar-refractivity contribution in [2.45, 2.75) is 37.9 Å². The van der Waals surface area contributed by atoms with Crippen LogP contribution in [0.1, 0.15) is 37.4 Å². The lowest BCUT2D eigenvalue weighted by molar-refractivity contribution is -0.186. The third-order valence-electron chi connectivity index (χ3n) is 5.78. The lowest BCUT2D eigenvalue weighted by atomic mass is 9.65. The first-order valence-electron chi connectivity index (χ1n) is 9.36. The van der Waals surface area contributed by atoms with E-state index >= 15 is 0 Å². The fourth-order valence-electron chi connectivity index (χ4n) is 4.49. The fourth-order valence-corrected chi connectivity index (χ4v) is 4.71. The zero-order valence-electron chi connectivity index (χ0n) is 16.5. The number of alkyl halides is 3. The van der Waals surface area contributed by atoms with Crippen molar-refractivity contribution < 1.29 is 22.3 Å². The molecule has 2 unspecified atom stereocenters. The molecular weight excluding hydrogens is 422 g/mol. The number of ether oxygens (including phenoxy) is 1. The summed E-state index contributed by atoms with van der Waals surface area (Å²) in [6.07, 6.45) is -3.21. The maximum atomic E-state index is 14.4. The molecule has 160 valence electrons. The average Bonchev–Trinajstić information content (AvgIpc) is 3.13. The number of rotatable bonds is 3. The van der Waals surface area contributed by atoms with E-state index in [0.717, 1.165) is 6.07 Å². The molecule has 0 radical (unpaired) electrons. The van der Waals surface area contributed by atoms with Crippen LogP contribution in [0, 0.1) is 11.7 Å². The third kappa shape index (κ3) is 3.27. The molecule has 0 amide bonds. The first-order valence-corrected chi connectivity index (χ1v) is 9.74. The molecule has 3 aromatic rings. The molecule has 0 aliphatic heterocycles. The van der Waals surface area contributed by atoms with Crippen LogP contribution < -0.4 is 10.1 Å². The van der Waals surface area contributed by atoms with E-state index in [0.29, 0.717) is 27.7 Å². The van der Waals surface area contributed by atoms with Crippen molar-refractivity contribution in [3.05, 3.63) is 52.4 Å². The molecule has 2 N–H and O–H groups in total. The van der Waals surface area contributed by atoms with Gasteiger partial charge >= 0.3 is 6.18 Å². The van der Waals surface area contributed by atoms with Gasteiger partial charge in [0.05, 0.1) is 41.5 Å². The standard InChI is InChI=1S/C21H20ClF4N3O/c1-20(2)8-12(21(24,25)26)17(10-4-6-14(23)19(30-3)16(10)20)28-18-11-9-27-29-15(11)7-5-13(18)22/h4-7,9,12,17,28H,8H2,1-3H3,(H,27,29). The Labute approximate surface area is 175 Å². The van der Waals surface area contributed by atoms with E-state index in [-0.39, 0.29) is 17.2 Å². The molecule has 1 aliphatic rings. The largest absolute Gasteiger partial charge is 0.493 e. The molecule has 0 saturated carbocycles. The summed E-state index contributed by atoms with van der Waals surface area (Å²) in [6.45, 7) is 3.35. The predicted octanol–water partition coefficient (Wildman–Crippen LogP) is 6.38. The van der Waals surface area contributed by atoms with Crippen LogP contribution in [-0.2, 0) is 5.41 Å². The number of halogens is 5. The molecule has 0 bridgehead atoms. The smallest absolute Gasteiger partial charge is 0.394 e. The van der Waals surface area contributed by atoms with E-state index in [4.69, 9.17) is 16.3 Å². The monoisotopic (exact) mass is 441 g/mol. The van der Waals surface area contributed by atoms with Crippen LogP contribution in [0.25, 0.3) is 10.9 Å². The van der Waals surface area contributed by atoms with Crippen molar-refractivity contribution in [3.63, 3.8) is 0 Å².